The second kappa shape index (κ2) is 11.0. The molecule has 5 nitrogen and oxygen atoms in total. The summed E-state index contributed by atoms with van der Waals surface area (Å²) < 4.78 is 59.4. The van der Waals surface area contributed by atoms with Gasteiger partial charge in [-0.25, -0.2) is 23.1 Å². The van der Waals surface area contributed by atoms with Crippen molar-refractivity contribution in [2.45, 2.75) is 42.3 Å². The van der Waals surface area contributed by atoms with E-state index >= 15 is 0 Å². The number of hydrogen-bond donors (Lipinski definition) is 1. The zero-order valence-corrected chi connectivity index (χ0v) is 22.9. The van der Waals surface area contributed by atoms with Crippen LogP contribution >= 0.6 is 23.1 Å². The first-order chi connectivity index (χ1) is 17.5. The van der Waals surface area contributed by atoms with E-state index < -0.39 is 39.6 Å². The zero-order chi connectivity index (χ0) is 26.9. The van der Waals surface area contributed by atoms with Gasteiger partial charge in [-0.05, 0) is 74.9 Å². The molecule has 37 heavy (non-hydrogen) atoms. The van der Waals surface area contributed by atoms with Gasteiger partial charge in [-0.3, -0.25) is 0 Å². The van der Waals surface area contributed by atoms with Crippen molar-refractivity contribution in [2.75, 3.05) is 6.26 Å². The average molecular weight is 561 g/mol. The van der Waals surface area contributed by atoms with Crippen LogP contribution in [0, 0.1) is 28.8 Å². The number of aromatic nitrogens is 2. The largest absolute Gasteiger partial charge is 0.598 e. The Kier molecular flexibility index (Phi) is 8.16. The highest BCUT2D eigenvalue weighted by molar-refractivity contribution is 8.00. The van der Waals surface area contributed by atoms with E-state index in [-0.39, 0.29) is 12.0 Å². The minimum absolute atomic E-state index is 0.0633. The van der Waals surface area contributed by atoms with Gasteiger partial charge in [0.25, 0.3) is 0 Å². The van der Waals surface area contributed by atoms with Gasteiger partial charge in [0.2, 0.25) is 0 Å². The van der Waals surface area contributed by atoms with E-state index in [0.717, 1.165) is 15.1 Å². The lowest BCUT2D eigenvalue weighted by Gasteiger charge is -2.28. The molecule has 0 saturated carbocycles. The molecule has 0 radical (unpaired) electrons. The molecule has 0 spiro atoms. The summed E-state index contributed by atoms with van der Waals surface area (Å²) in [5.41, 5.74) is 2.19. The fraction of sp³-hybridized carbons (Fsp3) is 0.269. The molecule has 0 amide bonds. The topological polar surface area (TPSA) is 84.7 Å². The van der Waals surface area contributed by atoms with Crippen molar-refractivity contribution in [1.82, 2.24) is 14.7 Å². The summed E-state index contributed by atoms with van der Waals surface area (Å²) >= 11 is 1.33. The van der Waals surface area contributed by atoms with Crippen molar-refractivity contribution in [3.8, 4) is 17.2 Å². The van der Waals surface area contributed by atoms with Crippen molar-refractivity contribution in [3.05, 3.63) is 76.7 Å². The van der Waals surface area contributed by atoms with Crippen LogP contribution in [0.15, 0.2) is 46.8 Å². The van der Waals surface area contributed by atoms with Crippen molar-refractivity contribution >= 4 is 44.8 Å². The Morgan fingerprint density at radius 3 is 2.43 bits per heavy atom. The maximum absolute atomic E-state index is 14.1. The lowest BCUT2D eigenvalue weighted by atomic mass is 9.95. The standard InChI is InChI=1S/C26H23F3N4OS3/c1-26(2,3)37(34)33-21(9-14-7-17(27)11-18(28)8-14)23-19(15-5-6-20(29)16(10-15)13-30)12-22-24(31-23)32-25(35-4)36-22/h5-8,10-12,21,33H,9H2,1-4H3/t21?,37-/m0/s1. The second-order valence-electron chi connectivity index (χ2n) is 9.27. The molecule has 4 rings (SSSR count). The quantitative estimate of drug-likeness (QED) is 0.200. The highest BCUT2D eigenvalue weighted by atomic mass is 32.2. The predicted molar refractivity (Wildman–Crippen MR) is 143 cm³/mol. The first-order valence-electron chi connectivity index (χ1n) is 11.2. The third-order valence-electron chi connectivity index (χ3n) is 5.46. The van der Waals surface area contributed by atoms with Crippen LogP contribution in [-0.2, 0) is 17.8 Å². The molecule has 0 fully saturated rings. The molecule has 2 aromatic carbocycles. The molecular weight excluding hydrogens is 538 g/mol. The van der Waals surface area contributed by atoms with Gasteiger partial charge < -0.3 is 4.55 Å². The zero-order valence-electron chi connectivity index (χ0n) is 20.4. The molecule has 1 unspecified atom stereocenters. The number of fused-ring (bicyclic) bond motifs is 1. The van der Waals surface area contributed by atoms with Crippen LogP contribution in [0.1, 0.15) is 43.6 Å². The number of nitrogens with zero attached hydrogens (tertiary/aromatic N) is 3. The van der Waals surface area contributed by atoms with E-state index in [2.05, 4.69) is 9.71 Å². The molecule has 192 valence electrons. The summed E-state index contributed by atoms with van der Waals surface area (Å²) in [6.45, 7) is 5.41. The van der Waals surface area contributed by atoms with Crippen LogP contribution in [0.25, 0.3) is 21.5 Å². The fourth-order valence-electron chi connectivity index (χ4n) is 3.68. The summed E-state index contributed by atoms with van der Waals surface area (Å²) in [6.07, 6.45) is 1.96. The number of rotatable bonds is 7. The average Bonchev–Trinajstić information content (AvgIpc) is 3.24. The van der Waals surface area contributed by atoms with Crippen LogP contribution in [0.3, 0.4) is 0 Å². The van der Waals surface area contributed by atoms with Crippen molar-refractivity contribution in [1.29, 1.82) is 5.26 Å². The van der Waals surface area contributed by atoms with Gasteiger partial charge in [-0.2, -0.15) is 5.26 Å². The Hall–Kier alpha value is -2.62. The Bertz CT molecular complexity index is 1480. The van der Waals surface area contributed by atoms with Crippen LogP contribution in [0.2, 0.25) is 0 Å². The molecule has 1 N–H and O–H groups in total. The molecule has 2 aromatic heterocycles. The molecule has 0 saturated heterocycles. The molecule has 2 heterocycles. The maximum atomic E-state index is 14.1. The smallest absolute Gasteiger partial charge is 0.171 e. The molecule has 4 aromatic rings. The van der Waals surface area contributed by atoms with E-state index in [1.807, 2.05) is 18.4 Å². The van der Waals surface area contributed by atoms with Crippen LogP contribution in [0.4, 0.5) is 13.2 Å². The minimum atomic E-state index is -1.57. The Morgan fingerprint density at radius 1 is 1.11 bits per heavy atom. The summed E-state index contributed by atoms with van der Waals surface area (Å²) in [4.78, 5) is 9.35. The van der Waals surface area contributed by atoms with Crippen LogP contribution in [-0.4, -0.2) is 25.5 Å². The summed E-state index contributed by atoms with van der Waals surface area (Å²) in [5, 5.41) is 9.39. The Labute approximate surface area is 224 Å². The third-order valence-corrected chi connectivity index (χ3v) is 9.05. The highest BCUT2D eigenvalue weighted by Crippen LogP contribution is 2.37. The molecule has 0 aliphatic rings. The molecule has 11 heteroatoms. The number of benzene rings is 2. The number of thiazole rings is 1. The predicted octanol–water partition coefficient (Wildman–Crippen LogP) is 6.70. The van der Waals surface area contributed by atoms with E-state index in [9.17, 15) is 23.0 Å². The lowest BCUT2D eigenvalue weighted by Crippen LogP contribution is -2.42. The van der Waals surface area contributed by atoms with Gasteiger partial charge in [-0.1, -0.05) is 17.8 Å². The van der Waals surface area contributed by atoms with Gasteiger partial charge in [0.05, 0.1) is 22.0 Å². The van der Waals surface area contributed by atoms with Crippen LogP contribution in [0.5, 0.6) is 0 Å². The van der Waals surface area contributed by atoms with Gasteiger partial charge in [0.1, 0.15) is 28.3 Å². The molecule has 0 aliphatic carbocycles. The second-order valence-corrected chi connectivity index (χ2v) is 13.3. The monoisotopic (exact) mass is 560 g/mol. The SMILES string of the molecule is CSc1nc2nc(C(Cc3cc(F)cc(F)c3)N[S@@+]([O-])C(C)(C)C)c(-c3ccc(F)c(C#N)c3)cc2s1. The molecular formula is C26H23F3N4OS3. The third kappa shape index (κ3) is 6.27. The Morgan fingerprint density at radius 2 is 1.81 bits per heavy atom. The number of nitriles is 1. The fourth-order valence-corrected chi connectivity index (χ4v) is 5.95. The Balaban J connectivity index is 1.94. The number of halogens is 3. The maximum Gasteiger partial charge on any atom is 0.171 e. The number of hydrogen-bond acceptors (Lipinski definition) is 7. The van der Waals surface area contributed by atoms with Crippen molar-refractivity contribution < 1.29 is 17.7 Å². The van der Waals surface area contributed by atoms with E-state index in [1.54, 1.807) is 26.8 Å². The van der Waals surface area contributed by atoms with E-state index in [4.69, 9.17) is 4.98 Å². The molecule has 0 aliphatic heterocycles. The minimum Gasteiger partial charge on any atom is -0.598 e. The lowest BCUT2D eigenvalue weighted by molar-refractivity contribution is 0.517. The summed E-state index contributed by atoms with van der Waals surface area (Å²) in [6, 6.07) is 10.4. The van der Waals surface area contributed by atoms with Gasteiger partial charge in [-0.15, -0.1) is 16.1 Å². The van der Waals surface area contributed by atoms with Crippen LogP contribution < -0.4 is 4.72 Å². The summed E-state index contributed by atoms with van der Waals surface area (Å²) in [7, 11) is 0. The summed E-state index contributed by atoms with van der Waals surface area (Å²) in [5.74, 6) is -2.10. The number of thioether (sulfide) groups is 1. The van der Waals surface area contributed by atoms with Gasteiger partial charge >= 0.3 is 0 Å². The van der Waals surface area contributed by atoms with Crippen molar-refractivity contribution in [2.24, 2.45) is 0 Å². The highest BCUT2D eigenvalue weighted by Gasteiger charge is 2.32. The van der Waals surface area contributed by atoms with E-state index in [0.29, 0.717) is 28.0 Å². The number of pyridine rings is 1. The van der Waals surface area contributed by atoms with Gasteiger partial charge in [0, 0.05) is 23.0 Å². The normalized spacial score (nSPS) is 13.5. The molecule has 2 atom stereocenters. The number of nitrogens with one attached hydrogen (secondary N) is 1. The van der Waals surface area contributed by atoms with Crippen molar-refractivity contribution in [3.63, 3.8) is 0 Å². The first-order valence-corrected chi connectivity index (χ1v) is 14.4. The molecule has 0 bridgehead atoms. The first kappa shape index (κ1) is 27.4. The van der Waals surface area contributed by atoms with Gasteiger partial charge in [0.15, 0.2) is 9.99 Å². The van der Waals surface area contributed by atoms with E-state index in [1.165, 1.54) is 47.4 Å².